The first-order valence-corrected chi connectivity index (χ1v) is 7.60. The summed E-state index contributed by atoms with van der Waals surface area (Å²) in [7, 11) is -2.69. The second-order valence-corrected chi connectivity index (χ2v) is 6.09. The second-order valence-electron chi connectivity index (χ2n) is 4.12. The number of hydrogen-bond acceptors (Lipinski definition) is 4. The van der Waals surface area contributed by atoms with Crippen LogP contribution in [0.2, 0.25) is 0 Å². The molecule has 1 amide bonds. The normalized spacial score (nSPS) is 11.6. The van der Waals surface area contributed by atoms with Crippen molar-refractivity contribution >= 4 is 15.7 Å². The minimum Gasteiger partial charge on any atom is -0.351 e. The predicted octanol–water partition coefficient (Wildman–Crippen LogP) is 0.773. The van der Waals surface area contributed by atoms with E-state index in [0.717, 1.165) is 0 Å². The van der Waals surface area contributed by atoms with Crippen LogP contribution in [0.25, 0.3) is 0 Å². The van der Waals surface area contributed by atoms with E-state index in [9.17, 15) is 22.0 Å². The van der Waals surface area contributed by atoms with Gasteiger partial charge in [-0.05, 0) is 24.7 Å². The van der Waals surface area contributed by atoms with Crippen molar-refractivity contribution in [1.82, 2.24) is 10.6 Å². The maximum absolute atomic E-state index is 12.2. The summed E-state index contributed by atoms with van der Waals surface area (Å²) in [6, 6.07) is 5.52. The van der Waals surface area contributed by atoms with E-state index < -0.39 is 21.3 Å². The van der Waals surface area contributed by atoms with Crippen LogP contribution >= 0.6 is 0 Å². The van der Waals surface area contributed by atoms with Crippen molar-refractivity contribution in [2.24, 2.45) is 0 Å². The van der Waals surface area contributed by atoms with Crippen molar-refractivity contribution in [3.8, 4) is 0 Å². The molecule has 20 heavy (non-hydrogen) atoms. The van der Waals surface area contributed by atoms with Crippen molar-refractivity contribution in [1.29, 1.82) is 0 Å². The fourth-order valence-electron chi connectivity index (χ4n) is 1.45. The van der Waals surface area contributed by atoms with E-state index in [1.54, 1.807) is 7.05 Å². The average molecular weight is 306 g/mol. The molecule has 5 nitrogen and oxygen atoms in total. The first-order valence-electron chi connectivity index (χ1n) is 5.88. The van der Waals surface area contributed by atoms with Crippen LogP contribution in [0.4, 0.5) is 8.78 Å². The summed E-state index contributed by atoms with van der Waals surface area (Å²) in [6.45, 7) is 1.08. The molecule has 0 spiro atoms. The number of carbonyl (C=O) groups is 1. The third-order valence-electron chi connectivity index (χ3n) is 2.52. The summed E-state index contributed by atoms with van der Waals surface area (Å²) < 4.78 is 46.6. The van der Waals surface area contributed by atoms with Crippen LogP contribution < -0.4 is 10.6 Å². The minimum absolute atomic E-state index is 0.220. The van der Waals surface area contributed by atoms with Crippen molar-refractivity contribution in [3.63, 3.8) is 0 Å². The number of carbonyl (C=O) groups excluding carboxylic acids is 1. The molecule has 8 heteroatoms. The minimum atomic E-state index is -4.44. The summed E-state index contributed by atoms with van der Waals surface area (Å²) in [4.78, 5) is 11.6. The number of nitrogens with one attached hydrogen (secondary N) is 2. The highest BCUT2D eigenvalue weighted by atomic mass is 32.2. The zero-order valence-electron chi connectivity index (χ0n) is 10.9. The van der Waals surface area contributed by atoms with E-state index in [1.807, 2.05) is 0 Å². The number of likely N-dealkylation sites (N-methyl/N-ethyl adjacent to an activating group) is 1. The number of hydrogen-bond donors (Lipinski definition) is 2. The highest BCUT2D eigenvalue weighted by Crippen LogP contribution is 2.14. The van der Waals surface area contributed by atoms with Gasteiger partial charge in [0.2, 0.25) is 9.84 Å². The molecule has 0 bridgehead atoms. The SMILES string of the molecule is CNCCNC(=O)c1ccc(CS(=O)(=O)C(F)F)cc1. The largest absolute Gasteiger partial charge is 0.351 e. The number of amides is 1. The van der Waals surface area contributed by atoms with E-state index in [0.29, 0.717) is 18.7 Å². The van der Waals surface area contributed by atoms with Gasteiger partial charge in [-0.25, -0.2) is 8.42 Å². The molecular weight excluding hydrogens is 290 g/mol. The third-order valence-corrected chi connectivity index (χ3v) is 3.79. The molecule has 1 aromatic carbocycles. The Hall–Kier alpha value is -1.54. The van der Waals surface area contributed by atoms with E-state index >= 15 is 0 Å². The lowest BCUT2D eigenvalue weighted by Gasteiger charge is -2.06. The topological polar surface area (TPSA) is 75.3 Å². The smallest absolute Gasteiger partial charge is 0.337 e. The Kier molecular flexibility index (Phi) is 6.03. The van der Waals surface area contributed by atoms with Crippen LogP contribution in [-0.4, -0.2) is 40.2 Å². The zero-order chi connectivity index (χ0) is 15.2. The van der Waals surface area contributed by atoms with Gasteiger partial charge in [-0.2, -0.15) is 8.78 Å². The van der Waals surface area contributed by atoms with E-state index in [-0.39, 0.29) is 11.5 Å². The first-order chi connectivity index (χ1) is 9.36. The molecule has 0 aliphatic rings. The van der Waals surface area contributed by atoms with Gasteiger partial charge < -0.3 is 10.6 Å². The Morgan fingerprint density at radius 1 is 1.20 bits per heavy atom. The number of alkyl halides is 2. The van der Waals surface area contributed by atoms with Crippen molar-refractivity contribution in [2.75, 3.05) is 20.1 Å². The van der Waals surface area contributed by atoms with Crippen LogP contribution in [0.3, 0.4) is 0 Å². The lowest BCUT2D eigenvalue weighted by Crippen LogP contribution is -2.30. The number of sulfone groups is 1. The fourth-order valence-corrected chi connectivity index (χ4v) is 2.23. The van der Waals surface area contributed by atoms with Gasteiger partial charge in [0, 0.05) is 18.7 Å². The molecule has 0 radical (unpaired) electrons. The molecule has 0 aliphatic carbocycles. The highest BCUT2D eigenvalue weighted by molar-refractivity contribution is 7.90. The Morgan fingerprint density at radius 3 is 2.30 bits per heavy atom. The molecule has 0 fully saturated rings. The summed E-state index contributed by atoms with van der Waals surface area (Å²) in [5.41, 5.74) is 0.566. The zero-order valence-corrected chi connectivity index (χ0v) is 11.7. The molecule has 1 aromatic rings. The van der Waals surface area contributed by atoms with Crippen LogP contribution in [0, 0.1) is 0 Å². The quantitative estimate of drug-likeness (QED) is 0.730. The van der Waals surface area contributed by atoms with Crippen molar-refractivity contribution in [3.05, 3.63) is 35.4 Å². The van der Waals surface area contributed by atoms with Crippen molar-refractivity contribution in [2.45, 2.75) is 11.5 Å². The van der Waals surface area contributed by atoms with Crippen LogP contribution in [0.15, 0.2) is 24.3 Å². The fraction of sp³-hybridized carbons (Fsp3) is 0.417. The maximum atomic E-state index is 12.2. The second kappa shape index (κ2) is 7.30. The lowest BCUT2D eigenvalue weighted by molar-refractivity contribution is 0.0954. The van der Waals surface area contributed by atoms with E-state index in [1.165, 1.54) is 24.3 Å². The van der Waals surface area contributed by atoms with Gasteiger partial charge in [-0.1, -0.05) is 12.1 Å². The van der Waals surface area contributed by atoms with E-state index in [4.69, 9.17) is 0 Å². The number of rotatable bonds is 7. The molecule has 0 aliphatic heterocycles. The summed E-state index contributed by atoms with van der Waals surface area (Å²) in [5, 5.41) is 5.51. The molecule has 0 unspecified atom stereocenters. The Morgan fingerprint density at radius 2 is 1.80 bits per heavy atom. The third kappa shape index (κ3) is 4.86. The molecule has 1 rings (SSSR count). The Balaban J connectivity index is 2.67. The maximum Gasteiger partial charge on any atom is 0.337 e. The number of halogens is 2. The van der Waals surface area contributed by atoms with Gasteiger partial charge in [0.15, 0.2) is 0 Å². The van der Waals surface area contributed by atoms with Gasteiger partial charge in [0.25, 0.3) is 5.91 Å². The molecule has 2 N–H and O–H groups in total. The lowest BCUT2D eigenvalue weighted by atomic mass is 10.1. The van der Waals surface area contributed by atoms with Gasteiger partial charge >= 0.3 is 5.76 Å². The van der Waals surface area contributed by atoms with Gasteiger partial charge in [-0.3, -0.25) is 4.79 Å². The number of benzene rings is 1. The van der Waals surface area contributed by atoms with Gasteiger partial charge in [0.05, 0.1) is 5.75 Å². The molecule has 0 saturated heterocycles. The highest BCUT2D eigenvalue weighted by Gasteiger charge is 2.24. The molecule has 0 saturated carbocycles. The average Bonchev–Trinajstić information content (AvgIpc) is 2.39. The molecule has 0 atom stereocenters. The van der Waals surface area contributed by atoms with Crippen LogP contribution in [0.1, 0.15) is 15.9 Å². The standard InChI is InChI=1S/C12H16F2N2O3S/c1-15-6-7-16-11(17)10-4-2-9(3-5-10)8-20(18,19)12(13)14/h2-5,12,15H,6-8H2,1H3,(H,16,17). The van der Waals surface area contributed by atoms with Gasteiger partial charge in [-0.15, -0.1) is 0 Å². The summed E-state index contributed by atoms with van der Waals surface area (Å²) in [6.07, 6.45) is 0. The monoisotopic (exact) mass is 306 g/mol. The van der Waals surface area contributed by atoms with Crippen molar-refractivity contribution < 1.29 is 22.0 Å². The molecule has 112 valence electrons. The predicted molar refractivity (Wildman–Crippen MR) is 71.3 cm³/mol. The Labute approximate surface area is 116 Å². The summed E-state index contributed by atoms with van der Waals surface area (Å²) in [5.74, 6) is -4.44. The molecular formula is C12H16F2N2O3S. The first kappa shape index (κ1) is 16.5. The molecule has 0 aromatic heterocycles. The van der Waals surface area contributed by atoms with E-state index in [2.05, 4.69) is 10.6 Å². The Bertz CT molecular complexity index is 544. The van der Waals surface area contributed by atoms with Crippen LogP contribution in [-0.2, 0) is 15.6 Å². The summed E-state index contributed by atoms with van der Waals surface area (Å²) >= 11 is 0. The molecule has 0 heterocycles. The van der Waals surface area contributed by atoms with Crippen LogP contribution in [0.5, 0.6) is 0 Å². The van der Waals surface area contributed by atoms with Gasteiger partial charge in [0.1, 0.15) is 0 Å².